The van der Waals surface area contributed by atoms with Gasteiger partial charge in [0.25, 0.3) is 0 Å². The van der Waals surface area contributed by atoms with Crippen LogP contribution in [0.5, 0.6) is 5.75 Å². The van der Waals surface area contributed by atoms with E-state index >= 15 is 0 Å². The zero-order valence-corrected chi connectivity index (χ0v) is 16.1. The Morgan fingerprint density at radius 2 is 1.56 bits per heavy atom. The number of carboxylic acid groups (broad SMARTS) is 1. The van der Waals surface area contributed by atoms with Gasteiger partial charge in [0.1, 0.15) is 0 Å². The number of rotatable bonds is 13. The van der Waals surface area contributed by atoms with Crippen LogP contribution in [0.2, 0.25) is 0 Å². The third kappa shape index (κ3) is 6.35. The fraction of sp³-hybridized carbons (Fsp3) is 0.571. The van der Waals surface area contributed by atoms with Crippen molar-refractivity contribution in [3.05, 3.63) is 29.1 Å². The van der Waals surface area contributed by atoms with Gasteiger partial charge in [0.15, 0.2) is 10.6 Å². The minimum absolute atomic E-state index is 0.313. The highest BCUT2D eigenvalue weighted by molar-refractivity contribution is 7.21. The lowest BCUT2D eigenvalue weighted by Crippen LogP contribution is -2.01. The molecule has 0 unspecified atom stereocenters. The molecule has 0 bridgehead atoms. The fourth-order valence-corrected chi connectivity index (χ4v) is 4.06. The molecule has 0 spiro atoms. The molecule has 25 heavy (non-hydrogen) atoms. The van der Waals surface area contributed by atoms with E-state index < -0.39 is 5.97 Å². The van der Waals surface area contributed by atoms with Gasteiger partial charge in [0.2, 0.25) is 0 Å². The number of fused-ring (bicyclic) bond motifs is 1. The van der Waals surface area contributed by atoms with E-state index in [-0.39, 0.29) is 0 Å². The fourth-order valence-electron chi connectivity index (χ4n) is 3.07. The van der Waals surface area contributed by atoms with Gasteiger partial charge in [-0.3, -0.25) is 0 Å². The standard InChI is InChI=1S/C21H30O3S/c1-2-3-4-5-6-7-8-9-10-13-16-24-19-17-14-11-12-15-18(17)25-20(19)21(22)23/h11-12,14-15H,2-10,13,16H2,1H3,(H,22,23). The molecular weight excluding hydrogens is 332 g/mol. The van der Waals surface area contributed by atoms with Crippen LogP contribution in [0, 0.1) is 0 Å². The van der Waals surface area contributed by atoms with Gasteiger partial charge in [-0.1, -0.05) is 76.8 Å². The van der Waals surface area contributed by atoms with Crippen LogP contribution >= 0.6 is 11.3 Å². The molecule has 0 aliphatic rings. The zero-order valence-electron chi connectivity index (χ0n) is 15.3. The summed E-state index contributed by atoms with van der Waals surface area (Å²) in [5, 5.41) is 10.3. The summed E-state index contributed by atoms with van der Waals surface area (Å²) in [4.78, 5) is 11.7. The number of hydrogen-bond acceptors (Lipinski definition) is 3. The number of unbranched alkanes of at least 4 members (excludes halogenated alkanes) is 9. The lowest BCUT2D eigenvalue weighted by molar-refractivity contribution is 0.0698. The van der Waals surface area contributed by atoms with Gasteiger partial charge in [-0.05, 0) is 18.6 Å². The molecule has 0 amide bonds. The van der Waals surface area contributed by atoms with E-state index in [1.165, 1.54) is 62.7 Å². The van der Waals surface area contributed by atoms with Crippen molar-refractivity contribution in [1.29, 1.82) is 0 Å². The molecule has 1 aromatic heterocycles. The van der Waals surface area contributed by atoms with Crippen molar-refractivity contribution in [1.82, 2.24) is 0 Å². The smallest absolute Gasteiger partial charge is 0.349 e. The summed E-state index contributed by atoms with van der Waals surface area (Å²) in [7, 11) is 0. The van der Waals surface area contributed by atoms with E-state index in [2.05, 4.69) is 6.92 Å². The predicted octanol–water partition coefficient (Wildman–Crippen LogP) is 6.90. The van der Waals surface area contributed by atoms with Gasteiger partial charge < -0.3 is 9.84 Å². The number of carbonyl (C=O) groups is 1. The Kier molecular flexibility index (Phi) is 8.81. The maximum absolute atomic E-state index is 11.4. The summed E-state index contributed by atoms with van der Waals surface area (Å²) in [5.41, 5.74) is 0. The van der Waals surface area contributed by atoms with Crippen LogP contribution in [0.4, 0.5) is 0 Å². The van der Waals surface area contributed by atoms with E-state index in [4.69, 9.17) is 4.74 Å². The first-order valence-corrected chi connectivity index (χ1v) is 10.4. The third-order valence-electron chi connectivity index (χ3n) is 4.49. The number of aromatic carboxylic acids is 1. The van der Waals surface area contributed by atoms with Crippen LogP contribution in [0.15, 0.2) is 24.3 Å². The quantitative estimate of drug-likeness (QED) is 0.394. The van der Waals surface area contributed by atoms with Crippen molar-refractivity contribution in [2.45, 2.75) is 71.1 Å². The summed E-state index contributed by atoms with van der Waals surface area (Å²) in [6.07, 6.45) is 12.8. The van der Waals surface area contributed by atoms with Gasteiger partial charge >= 0.3 is 5.97 Å². The van der Waals surface area contributed by atoms with Crippen molar-refractivity contribution in [3.63, 3.8) is 0 Å². The summed E-state index contributed by atoms with van der Waals surface area (Å²) in [6, 6.07) is 7.73. The van der Waals surface area contributed by atoms with Gasteiger partial charge in [-0.2, -0.15) is 0 Å². The topological polar surface area (TPSA) is 46.5 Å². The van der Waals surface area contributed by atoms with E-state index in [1.54, 1.807) is 0 Å². The maximum Gasteiger partial charge on any atom is 0.349 e. The monoisotopic (exact) mass is 362 g/mol. The Morgan fingerprint density at radius 3 is 2.20 bits per heavy atom. The molecule has 1 aromatic carbocycles. The molecule has 1 heterocycles. The average molecular weight is 363 g/mol. The molecule has 0 atom stereocenters. The van der Waals surface area contributed by atoms with E-state index in [0.29, 0.717) is 17.2 Å². The van der Waals surface area contributed by atoms with E-state index in [0.717, 1.165) is 22.9 Å². The first-order valence-electron chi connectivity index (χ1n) is 9.61. The normalized spacial score (nSPS) is 11.1. The highest BCUT2D eigenvalue weighted by atomic mass is 32.1. The maximum atomic E-state index is 11.4. The number of carboxylic acids is 1. The molecular formula is C21H30O3S. The van der Waals surface area contributed by atoms with Gasteiger partial charge in [0.05, 0.1) is 6.61 Å². The number of thiophene rings is 1. The summed E-state index contributed by atoms with van der Waals surface area (Å²) in [6.45, 7) is 2.85. The Balaban J connectivity index is 1.66. The zero-order chi connectivity index (χ0) is 17.9. The Bertz CT molecular complexity index is 648. The predicted molar refractivity (Wildman–Crippen MR) is 106 cm³/mol. The third-order valence-corrected chi connectivity index (χ3v) is 5.63. The van der Waals surface area contributed by atoms with Crippen LogP contribution in [0.3, 0.4) is 0 Å². The minimum Gasteiger partial charge on any atom is -0.491 e. The molecule has 0 radical (unpaired) electrons. The van der Waals surface area contributed by atoms with Crippen LogP contribution in [-0.4, -0.2) is 17.7 Å². The van der Waals surface area contributed by atoms with E-state index in [1.807, 2.05) is 24.3 Å². The van der Waals surface area contributed by atoms with Crippen LogP contribution in [0.25, 0.3) is 10.1 Å². The molecule has 1 N–H and O–H groups in total. The second-order valence-electron chi connectivity index (χ2n) is 6.59. The molecule has 0 saturated carbocycles. The molecule has 2 rings (SSSR count). The second-order valence-corrected chi connectivity index (χ2v) is 7.64. The van der Waals surface area contributed by atoms with Crippen LogP contribution in [0.1, 0.15) is 80.8 Å². The average Bonchev–Trinajstić information content (AvgIpc) is 2.99. The van der Waals surface area contributed by atoms with Crippen molar-refractivity contribution in [3.8, 4) is 5.75 Å². The number of hydrogen-bond donors (Lipinski definition) is 1. The van der Waals surface area contributed by atoms with Crippen molar-refractivity contribution >= 4 is 27.4 Å². The molecule has 138 valence electrons. The number of benzene rings is 1. The van der Waals surface area contributed by atoms with Crippen LogP contribution < -0.4 is 4.74 Å². The second kappa shape index (κ2) is 11.1. The van der Waals surface area contributed by atoms with Crippen LogP contribution in [-0.2, 0) is 0 Å². The minimum atomic E-state index is -0.903. The first-order chi connectivity index (χ1) is 12.2. The summed E-state index contributed by atoms with van der Waals surface area (Å²) in [5.74, 6) is -0.358. The molecule has 0 aliphatic heterocycles. The first kappa shape index (κ1) is 19.8. The molecule has 0 fully saturated rings. The summed E-state index contributed by atoms with van der Waals surface area (Å²) < 4.78 is 6.82. The van der Waals surface area contributed by atoms with Crippen molar-refractivity contribution in [2.24, 2.45) is 0 Å². The molecule has 3 nitrogen and oxygen atoms in total. The Hall–Kier alpha value is -1.55. The lowest BCUT2D eigenvalue weighted by Gasteiger charge is -2.07. The lowest BCUT2D eigenvalue weighted by atomic mass is 10.1. The van der Waals surface area contributed by atoms with Gasteiger partial charge in [-0.25, -0.2) is 4.79 Å². The SMILES string of the molecule is CCCCCCCCCCCCOc1c(C(=O)O)sc2ccccc12. The molecule has 0 saturated heterocycles. The highest BCUT2D eigenvalue weighted by Gasteiger charge is 2.18. The summed E-state index contributed by atoms with van der Waals surface area (Å²) >= 11 is 1.29. The molecule has 2 aromatic rings. The highest BCUT2D eigenvalue weighted by Crippen LogP contribution is 2.37. The Labute approximate surface area is 155 Å². The van der Waals surface area contributed by atoms with Gasteiger partial charge in [0, 0.05) is 10.1 Å². The van der Waals surface area contributed by atoms with Crippen molar-refractivity contribution < 1.29 is 14.6 Å². The molecule has 0 aliphatic carbocycles. The molecule has 4 heteroatoms. The Morgan fingerprint density at radius 1 is 0.960 bits per heavy atom. The largest absolute Gasteiger partial charge is 0.491 e. The van der Waals surface area contributed by atoms with E-state index in [9.17, 15) is 9.90 Å². The van der Waals surface area contributed by atoms with Crippen molar-refractivity contribution in [2.75, 3.05) is 6.61 Å². The number of ether oxygens (including phenoxy) is 1. The van der Waals surface area contributed by atoms with Gasteiger partial charge in [-0.15, -0.1) is 11.3 Å².